The van der Waals surface area contributed by atoms with Crippen molar-refractivity contribution in [3.05, 3.63) is 36.0 Å². The van der Waals surface area contributed by atoms with E-state index in [1.165, 1.54) is 0 Å². The zero-order chi connectivity index (χ0) is 18.5. The van der Waals surface area contributed by atoms with Crippen LogP contribution in [0.1, 0.15) is 33.3 Å². The maximum Gasteiger partial charge on any atom is 0.494 e. The molecule has 0 saturated carbocycles. The predicted octanol–water partition coefficient (Wildman–Crippen LogP) is 2.94. The van der Waals surface area contributed by atoms with Crippen molar-refractivity contribution < 1.29 is 13.7 Å². The van der Waals surface area contributed by atoms with Gasteiger partial charge in [-0.15, -0.1) is 0 Å². The van der Waals surface area contributed by atoms with Crippen LogP contribution in [0.5, 0.6) is 0 Å². The molecular weight excluding hydrogens is 330 g/mol. The van der Waals surface area contributed by atoms with Gasteiger partial charge in [0.15, 0.2) is 0 Å². The van der Waals surface area contributed by atoms with Crippen molar-refractivity contribution in [1.29, 1.82) is 0 Å². The summed E-state index contributed by atoms with van der Waals surface area (Å²) >= 11 is 0. The maximum absolute atomic E-state index is 12.6. The summed E-state index contributed by atoms with van der Waals surface area (Å²) in [7, 11) is -0.371. The molecule has 4 rings (SSSR count). The van der Waals surface area contributed by atoms with E-state index in [1.54, 1.807) is 0 Å². The van der Waals surface area contributed by atoms with E-state index in [-0.39, 0.29) is 30.9 Å². The Bertz CT molecular complexity index is 805. The predicted molar refractivity (Wildman–Crippen MR) is 102 cm³/mol. The number of halogens is 1. The van der Waals surface area contributed by atoms with Gasteiger partial charge in [-0.2, -0.15) is 0 Å². The topological polar surface area (TPSA) is 34.6 Å². The number of benzene rings is 1. The second-order valence-corrected chi connectivity index (χ2v) is 8.60. The standard InChI is InChI=1S/C20H26BFN2O2/c1-19(2)20(3,4)26-21(25-19)17-6-5-16-7-14(10-23-18(16)8-17)11-24-12-15(9-22)13-24/h5-8,10,15H,9,11-13H2,1-4H3. The van der Waals surface area contributed by atoms with Gasteiger partial charge < -0.3 is 9.31 Å². The number of alkyl halides is 1. The molecule has 3 heterocycles. The second-order valence-electron chi connectivity index (χ2n) is 8.60. The minimum Gasteiger partial charge on any atom is -0.399 e. The molecule has 4 nitrogen and oxygen atoms in total. The van der Waals surface area contributed by atoms with Gasteiger partial charge >= 0.3 is 7.12 Å². The van der Waals surface area contributed by atoms with Gasteiger partial charge in [0.05, 0.1) is 23.4 Å². The Kier molecular flexibility index (Phi) is 4.33. The van der Waals surface area contributed by atoms with Crippen LogP contribution in [0.4, 0.5) is 4.39 Å². The maximum atomic E-state index is 12.6. The average molecular weight is 356 g/mol. The lowest BCUT2D eigenvalue weighted by molar-refractivity contribution is 0.00578. The Morgan fingerprint density at radius 3 is 2.50 bits per heavy atom. The lowest BCUT2D eigenvalue weighted by Gasteiger charge is -2.37. The summed E-state index contributed by atoms with van der Waals surface area (Å²) in [4.78, 5) is 6.88. The highest BCUT2D eigenvalue weighted by Crippen LogP contribution is 2.36. The number of hydrogen-bond donors (Lipinski definition) is 0. The van der Waals surface area contributed by atoms with Crippen molar-refractivity contribution in [1.82, 2.24) is 9.88 Å². The van der Waals surface area contributed by atoms with Crippen molar-refractivity contribution in [2.24, 2.45) is 5.92 Å². The molecule has 0 atom stereocenters. The van der Waals surface area contributed by atoms with Crippen LogP contribution in [0.2, 0.25) is 0 Å². The molecule has 2 saturated heterocycles. The molecule has 2 fully saturated rings. The van der Waals surface area contributed by atoms with Crippen molar-refractivity contribution in [2.75, 3.05) is 19.8 Å². The minimum absolute atomic E-state index is 0.214. The molecule has 0 spiro atoms. The van der Waals surface area contributed by atoms with E-state index >= 15 is 0 Å². The van der Waals surface area contributed by atoms with Gasteiger partial charge in [-0.1, -0.05) is 12.1 Å². The van der Waals surface area contributed by atoms with E-state index < -0.39 is 0 Å². The molecule has 0 unspecified atom stereocenters. The van der Waals surface area contributed by atoms with E-state index in [2.05, 4.69) is 55.8 Å². The minimum atomic E-state index is -0.371. The summed E-state index contributed by atoms with van der Waals surface area (Å²) in [6.45, 7) is 10.5. The Balaban J connectivity index is 1.51. The molecule has 0 bridgehead atoms. The Morgan fingerprint density at radius 2 is 1.85 bits per heavy atom. The summed E-state index contributed by atoms with van der Waals surface area (Å²) in [5.41, 5.74) is 2.39. The third kappa shape index (κ3) is 3.15. The van der Waals surface area contributed by atoms with Crippen LogP contribution in [-0.2, 0) is 15.9 Å². The monoisotopic (exact) mass is 356 g/mol. The Hall–Kier alpha value is -1.50. The van der Waals surface area contributed by atoms with Crippen LogP contribution in [0, 0.1) is 5.92 Å². The molecule has 0 radical (unpaired) electrons. The van der Waals surface area contributed by atoms with Crippen LogP contribution >= 0.6 is 0 Å². The normalized spacial score (nSPS) is 22.7. The number of hydrogen-bond acceptors (Lipinski definition) is 4. The molecule has 6 heteroatoms. The van der Waals surface area contributed by atoms with E-state index in [0.29, 0.717) is 0 Å². The van der Waals surface area contributed by atoms with Crippen molar-refractivity contribution >= 4 is 23.5 Å². The summed E-state index contributed by atoms with van der Waals surface area (Å²) in [6.07, 6.45) is 1.92. The first-order valence-electron chi connectivity index (χ1n) is 9.30. The van der Waals surface area contributed by atoms with Gasteiger partial charge in [-0.3, -0.25) is 14.3 Å². The van der Waals surface area contributed by atoms with Gasteiger partial charge in [-0.25, -0.2) is 0 Å². The summed E-state index contributed by atoms with van der Waals surface area (Å²) in [5, 5.41) is 1.10. The number of likely N-dealkylation sites (tertiary alicyclic amines) is 1. The zero-order valence-electron chi connectivity index (χ0n) is 16.0. The fourth-order valence-corrected chi connectivity index (χ4v) is 3.56. The van der Waals surface area contributed by atoms with Crippen molar-refractivity contribution in [2.45, 2.75) is 45.4 Å². The molecule has 0 amide bonds. The Morgan fingerprint density at radius 1 is 1.15 bits per heavy atom. The molecule has 1 aromatic heterocycles. The Labute approximate surface area is 154 Å². The highest BCUT2D eigenvalue weighted by atomic mass is 19.1. The summed E-state index contributed by atoms with van der Waals surface area (Å²) in [5.74, 6) is 0.214. The molecule has 2 aromatic rings. The smallest absolute Gasteiger partial charge is 0.399 e. The summed E-state index contributed by atoms with van der Waals surface area (Å²) in [6, 6.07) is 8.34. The molecule has 138 valence electrons. The quantitative estimate of drug-likeness (QED) is 0.789. The lowest BCUT2D eigenvalue weighted by atomic mass is 9.78. The highest BCUT2D eigenvalue weighted by molar-refractivity contribution is 6.62. The van der Waals surface area contributed by atoms with Gasteiger partial charge in [0.2, 0.25) is 0 Å². The number of aromatic nitrogens is 1. The van der Waals surface area contributed by atoms with E-state index in [0.717, 1.165) is 41.6 Å². The fourth-order valence-electron chi connectivity index (χ4n) is 3.56. The van der Waals surface area contributed by atoms with Crippen LogP contribution in [-0.4, -0.2) is 48.0 Å². The molecule has 1 aromatic carbocycles. The van der Waals surface area contributed by atoms with Crippen LogP contribution in [0.25, 0.3) is 10.9 Å². The lowest BCUT2D eigenvalue weighted by Crippen LogP contribution is -2.46. The number of fused-ring (bicyclic) bond motifs is 1. The van der Waals surface area contributed by atoms with Crippen molar-refractivity contribution in [3.63, 3.8) is 0 Å². The molecule has 0 N–H and O–H groups in total. The third-order valence-electron chi connectivity index (χ3n) is 5.95. The first kappa shape index (κ1) is 17.9. The van der Waals surface area contributed by atoms with E-state index in [9.17, 15) is 4.39 Å². The van der Waals surface area contributed by atoms with E-state index in [4.69, 9.17) is 9.31 Å². The molecule has 2 aliphatic heterocycles. The van der Waals surface area contributed by atoms with Gasteiger partial charge in [-0.05, 0) is 50.9 Å². The van der Waals surface area contributed by atoms with Crippen molar-refractivity contribution in [3.8, 4) is 0 Å². The van der Waals surface area contributed by atoms with Crippen LogP contribution in [0.3, 0.4) is 0 Å². The molecule has 26 heavy (non-hydrogen) atoms. The van der Waals surface area contributed by atoms with E-state index in [1.807, 2.05) is 12.3 Å². The van der Waals surface area contributed by atoms with Gasteiger partial charge in [0.25, 0.3) is 0 Å². The number of pyridine rings is 1. The second kappa shape index (κ2) is 6.29. The molecular formula is C20H26BFN2O2. The summed E-state index contributed by atoms with van der Waals surface area (Å²) < 4.78 is 24.8. The third-order valence-corrected chi connectivity index (χ3v) is 5.95. The molecule has 2 aliphatic rings. The molecule has 0 aliphatic carbocycles. The first-order valence-corrected chi connectivity index (χ1v) is 9.30. The average Bonchev–Trinajstić information content (AvgIpc) is 2.78. The fraction of sp³-hybridized carbons (Fsp3) is 0.550. The SMILES string of the molecule is CC1(C)OB(c2ccc3cc(CN4CC(CF)C4)cnc3c2)OC1(C)C. The highest BCUT2D eigenvalue weighted by Gasteiger charge is 2.51. The van der Waals surface area contributed by atoms with Crippen LogP contribution < -0.4 is 5.46 Å². The zero-order valence-corrected chi connectivity index (χ0v) is 16.0. The first-order chi connectivity index (χ1) is 12.3. The number of nitrogens with zero attached hydrogens (tertiary/aromatic N) is 2. The van der Waals surface area contributed by atoms with Gasteiger partial charge in [0.1, 0.15) is 0 Å². The number of rotatable bonds is 4. The van der Waals surface area contributed by atoms with Crippen LogP contribution in [0.15, 0.2) is 30.5 Å². The largest absolute Gasteiger partial charge is 0.494 e. The van der Waals surface area contributed by atoms with Gasteiger partial charge in [0, 0.05) is 37.1 Å².